The lowest BCUT2D eigenvalue weighted by molar-refractivity contribution is 0.0449. The van der Waals surface area contributed by atoms with E-state index in [0.29, 0.717) is 5.92 Å². The fourth-order valence-corrected chi connectivity index (χ4v) is 2.31. The fraction of sp³-hybridized carbons (Fsp3) is 0.583. The first-order valence-corrected chi connectivity index (χ1v) is 5.91. The van der Waals surface area contributed by atoms with Gasteiger partial charge in [0.15, 0.2) is 0 Å². The average Bonchev–Trinajstić information content (AvgIpc) is 2.53. The van der Waals surface area contributed by atoms with Gasteiger partial charge in [0.2, 0.25) is 5.43 Å². The Bertz CT molecular complexity index is 445. The smallest absolute Gasteiger partial charge is 0.200 e. The SMILES string of the molecule is Cc1cc(=O)c(Cl)c(C2C[C@H](C)C(C)O2)[nH]1. The third-order valence-electron chi connectivity index (χ3n) is 3.22. The second-order valence-electron chi connectivity index (χ2n) is 4.59. The van der Waals surface area contributed by atoms with Crippen LogP contribution in [0.3, 0.4) is 0 Å². The van der Waals surface area contributed by atoms with Crippen LogP contribution in [-0.4, -0.2) is 11.1 Å². The van der Waals surface area contributed by atoms with Crippen molar-refractivity contribution in [3.63, 3.8) is 0 Å². The molecule has 1 aromatic rings. The first-order chi connectivity index (χ1) is 7.49. The quantitative estimate of drug-likeness (QED) is 0.822. The van der Waals surface area contributed by atoms with E-state index in [-0.39, 0.29) is 22.7 Å². The van der Waals surface area contributed by atoms with Crippen LogP contribution in [0.2, 0.25) is 5.02 Å². The molecule has 1 saturated heterocycles. The summed E-state index contributed by atoms with van der Waals surface area (Å²) in [5.74, 6) is 0.491. The van der Waals surface area contributed by atoms with E-state index in [4.69, 9.17) is 16.3 Å². The molecule has 0 amide bonds. The van der Waals surface area contributed by atoms with Crippen molar-refractivity contribution in [2.24, 2.45) is 5.92 Å². The van der Waals surface area contributed by atoms with E-state index in [1.165, 1.54) is 6.07 Å². The predicted molar refractivity (Wildman–Crippen MR) is 63.9 cm³/mol. The van der Waals surface area contributed by atoms with Crippen LogP contribution >= 0.6 is 11.6 Å². The van der Waals surface area contributed by atoms with Gasteiger partial charge < -0.3 is 9.72 Å². The summed E-state index contributed by atoms with van der Waals surface area (Å²) in [7, 11) is 0. The normalized spacial score (nSPS) is 29.6. The Hall–Kier alpha value is -0.800. The van der Waals surface area contributed by atoms with Crippen LogP contribution in [0.15, 0.2) is 10.9 Å². The summed E-state index contributed by atoms with van der Waals surface area (Å²) in [6.07, 6.45) is 1.04. The highest BCUT2D eigenvalue weighted by molar-refractivity contribution is 6.31. The largest absolute Gasteiger partial charge is 0.369 e. The molecular weight excluding hydrogens is 226 g/mol. The molecule has 0 spiro atoms. The molecule has 3 nitrogen and oxygen atoms in total. The molecule has 1 aromatic heterocycles. The predicted octanol–water partition coefficient (Wildman–Crippen LogP) is 2.82. The molecule has 1 fully saturated rings. The third-order valence-corrected chi connectivity index (χ3v) is 3.61. The minimum atomic E-state index is -0.135. The molecule has 88 valence electrons. The number of aromatic amines is 1. The zero-order chi connectivity index (χ0) is 11.9. The van der Waals surface area contributed by atoms with E-state index in [2.05, 4.69) is 11.9 Å². The van der Waals surface area contributed by atoms with Gasteiger partial charge in [-0.1, -0.05) is 18.5 Å². The van der Waals surface area contributed by atoms with E-state index in [9.17, 15) is 4.79 Å². The molecule has 0 aromatic carbocycles. The van der Waals surface area contributed by atoms with E-state index >= 15 is 0 Å². The second-order valence-corrected chi connectivity index (χ2v) is 4.97. The summed E-state index contributed by atoms with van der Waals surface area (Å²) < 4.78 is 5.80. The van der Waals surface area contributed by atoms with Gasteiger partial charge in [0.25, 0.3) is 0 Å². The first-order valence-electron chi connectivity index (χ1n) is 5.54. The van der Waals surface area contributed by atoms with Gasteiger partial charge in [-0.05, 0) is 26.2 Å². The van der Waals surface area contributed by atoms with Crippen LogP contribution < -0.4 is 5.43 Å². The maximum atomic E-state index is 11.6. The molecule has 3 atom stereocenters. The molecule has 0 bridgehead atoms. The molecule has 2 heterocycles. The van der Waals surface area contributed by atoms with Crippen molar-refractivity contribution in [1.29, 1.82) is 0 Å². The minimum Gasteiger partial charge on any atom is -0.369 e. The molecule has 1 N–H and O–H groups in total. The van der Waals surface area contributed by atoms with Gasteiger partial charge in [0.05, 0.1) is 17.9 Å². The Morgan fingerprint density at radius 3 is 2.75 bits per heavy atom. The average molecular weight is 242 g/mol. The topological polar surface area (TPSA) is 42.1 Å². The number of pyridine rings is 1. The summed E-state index contributed by atoms with van der Waals surface area (Å²) in [5, 5.41) is 0.261. The molecule has 16 heavy (non-hydrogen) atoms. The van der Waals surface area contributed by atoms with Crippen molar-refractivity contribution in [1.82, 2.24) is 4.98 Å². The fourth-order valence-electron chi connectivity index (χ4n) is 2.08. The summed E-state index contributed by atoms with van der Waals surface area (Å²) in [5.41, 5.74) is 1.41. The summed E-state index contributed by atoms with van der Waals surface area (Å²) in [6.45, 7) is 6.04. The zero-order valence-corrected chi connectivity index (χ0v) is 10.5. The molecule has 4 heteroatoms. The number of aromatic nitrogens is 1. The Morgan fingerprint density at radius 1 is 1.50 bits per heavy atom. The molecule has 2 unspecified atom stereocenters. The highest BCUT2D eigenvalue weighted by Crippen LogP contribution is 2.37. The Labute approximate surface area is 99.8 Å². The number of aryl methyl sites for hydroxylation is 1. The van der Waals surface area contributed by atoms with E-state index in [1.807, 2.05) is 13.8 Å². The van der Waals surface area contributed by atoms with Crippen molar-refractivity contribution in [3.8, 4) is 0 Å². The van der Waals surface area contributed by atoms with Gasteiger partial charge in [-0.2, -0.15) is 0 Å². The van der Waals surface area contributed by atoms with Crippen LogP contribution in [0.25, 0.3) is 0 Å². The van der Waals surface area contributed by atoms with Gasteiger partial charge in [-0.25, -0.2) is 0 Å². The van der Waals surface area contributed by atoms with Gasteiger partial charge in [0, 0.05) is 11.8 Å². The van der Waals surface area contributed by atoms with Crippen molar-refractivity contribution >= 4 is 11.6 Å². The standard InChI is InChI=1S/C12H16ClNO2/c1-6-4-10(16-8(6)3)12-11(13)9(15)5-7(2)14-12/h5-6,8,10H,4H2,1-3H3,(H,14,15)/t6-,8?,10?/m0/s1. The number of ether oxygens (including phenoxy) is 1. The lowest BCUT2D eigenvalue weighted by atomic mass is 10.0. The number of halogens is 1. The summed E-state index contributed by atoms with van der Waals surface area (Å²) in [4.78, 5) is 14.7. The van der Waals surface area contributed by atoms with E-state index < -0.39 is 0 Å². The maximum absolute atomic E-state index is 11.6. The molecule has 1 aliphatic heterocycles. The number of rotatable bonds is 1. The van der Waals surface area contributed by atoms with Gasteiger partial charge >= 0.3 is 0 Å². The van der Waals surface area contributed by atoms with Gasteiger partial charge in [-0.15, -0.1) is 0 Å². The number of hydrogen-bond acceptors (Lipinski definition) is 2. The Morgan fingerprint density at radius 2 is 2.19 bits per heavy atom. The van der Waals surface area contributed by atoms with Crippen LogP contribution in [0.4, 0.5) is 0 Å². The van der Waals surface area contributed by atoms with Crippen molar-refractivity contribution in [2.75, 3.05) is 0 Å². The molecule has 0 saturated carbocycles. The number of nitrogens with one attached hydrogen (secondary N) is 1. The van der Waals surface area contributed by atoms with Crippen molar-refractivity contribution in [3.05, 3.63) is 32.7 Å². The van der Waals surface area contributed by atoms with E-state index in [0.717, 1.165) is 17.8 Å². The monoisotopic (exact) mass is 241 g/mol. The minimum absolute atomic E-state index is 0.0786. The second kappa shape index (κ2) is 4.22. The maximum Gasteiger partial charge on any atom is 0.200 e. The Balaban J connectivity index is 2.38. The van der Waals surface area contributed by atoms with Gasteiger partial charge in [0.1, 0.15) is 5.02 Å². The van der Waals surface area contributed by atoms with Crippen LogP contribution in [0.5, 0.6) is 0 Å². The first kappa shape index (κ1) is 11.7. The zero-order valence-electron chi connectivity index (χ0n) is 9.71. The highest BCUT2D eigenvalue weighted by Gasteiger charge is 2.32. The lowest BCUT2D eigenvalue weighted by Gasteiger charge is -2.13. The van der Waals surface area contributed by atoms with Crippen molar-refractivity contribution in [2.45, 2.75) is 39.4 Å². The molecular formula is C12H16ClNO2. The van der Waals surface area contributed by atoms with E-state index in [1.54, 1.807) is 0 Å². The lowest BCUT2D eigenvalue weighted by Crippen LogP contribution is -2.12. The summed E-state index contributed by atoms with van der Waals surface area (Å²) >= 11 is 6.02. The number of H-pyrrole nitrogens is 1. The summed E-state index contributed by atoms with van der Waals surface area (Å²) in [6, 6.07) is 1.51. The Kier molecular flexibility index (Phi) is 3.08. The van der Waals surface area contributed by atoms with Crippen molar-refractivity contribution < 1.29 is 4.74 Å². The molecule has 2 rings (SSSR count). The highest BCUT2D eigenvalue weighted by atomic mass is 35.5. The van der Waals surface area contributed by atoms with Crippen LogP contribution in [-0.2, 0) is 4.74 Å². The molecule has 1 aliphatic rings. The molecule has 0 radical (unpaired) electrons. The molecule has 0 aliphatic carbocycles. The van der Waals surface area contributed by atoms with Crippen LogP contribution in [0, 0.1) is 12.8 Å². The van der Waals surface area contributed by atoms with Crippen LogP contribution in [0.1, 0.15) is 37.8 Å². The third kappa shape index (κ3) is 2.02. The van der Waals surface area contributed by atoms with Gasteiger partial charge in [-0.3, -0.25) is 4.79 Å². The number of hydrogen-bond donors (Lipinski definition) is 1.